The smallest absolute Gasteiger partial charge is 0.0543 e. The quantitative estimate of drug-likeness (QED) is 0.548. The van der Waals surface area contributed by atoms with Crippen molar-refractivity contribution < 1.29 is 5.11 Å². The van der Waals surface area contributed by atoms with Crippen LogP contribution in [0.1, 0.15) is 38.5 Å². The molecule has 1 saturated carbocycles. The Balaban J connectivity index is 2.01. The summed E-state index contributed by atoms with van der Waals surface area (Å²) in [6, 6.07) is 0. The maximum atomic E-state index is 9.52. The SMILES string of the molecule is OC1CCC2C=CCCCC2C1. The van der Waals surface area contributed by atoms with Crippen molar-refractivity contribution in [2.75, 3.05) is 0 Å². The first-order chi connectivity index (χ1) is 5.86. The van der Waals surface area contributed by atoms with Crippen molar-refractivity contribution in [2.24, 2.45) is 11.8 Å². The average molecular weight is 166 g/mol. The van der Waals surface area contributed by atoms with Gasteiger partial charge in [0, 0.05) is 0 Å². The lowest BCUT2D eigenvalue weighted by Crippen LogP contribution is -2.26. The zero-order chi connectivity index (χ0) is 8.39. The van der Waals surface area contributed by atoms with E-state index in [9.17, 15) is 5.11 Å². The number of aliphatic hydroxyl groups excluding tert-OH is 1. The summed E-state index contributed by atoms with van der Waals surface area (Å²) < 4.78 is 0. The van der Waals surface area contributed by atoms with Crippen molar-refractivity contribution in [2.45, 2.75) is 44.6 Å². The molecular formula is C11H18O. The lowest BCUT2D eigenvalue weighted by molar-refractivity contribution is 0.0791. The van der Waals surface area contributed by atoms with E-state index in [1.54, 1.807) is 0 Å². The zero-order valence-corrected chi connectivity index (χ0v) is 7.58. The molecule has 2 aliphatic rings. The molecule has 68 valence electrons. The lowest BCUT2D eigenvalue weighted by Gasteiger charge is -2.31. The van der Waals surface area contributed by atoms with Crippen LogP contribution in [0.25, 0.3) is 0 Å². The van der Waals surface area contributed by atoms with Gasteiger partial charge in [-0.05, 0) is 50.4 Å². The summed E-state index contributed by atoms with van der Waals surface area (Å²) in [5.74, 6) is 1.57. The first-order valence-electron chi connectivity index (χ1n) is 5.21. The third kappa shape index (κ3) is 1.71. The van der Waals surface area contributed by atoms with Gasteiger partial charge in [-0.1, -0.05) is 12.2 Å². The molecule has 0 bridgehead atoms. The molecule has 2 aliphatic carbocycles. The van der Waals surface area contributed by atoms with Gasteiger partial charge in [-0.3, -0.25) is 0 Å². The maximum Gasteiger partial charge on any atom is 0.0543 e. The number of hydrogen-bond acceptors (Lipinski definition) is 1. The molecule has 3 unspecified atom stereocenters. The lowest BCUT2D eigenvalue weighted by atomic mass is 9.76. The number of aliphatic hydroxyl groups is 1. The van der Waals surface area contributed by atoms with Gasteiger partial charge in [-0.25, -0.2) is 0 Å². The molecule has 12 heavy (non-hydrogen) atoms. The third-order valence-electron chi connectivity index (χ3n) is 3.34. The Labute approximate surface area is 74.5 Å². The Morgan fingerprint density at radius 2 is 2.08 bits per heavy atom. The average Bonchev–Trinajstić information content (AvgIpc) is 2.28. The van der Waals surface area contributed by atoms with E-state index < -0.39 is 0 Å². The van der Waals surface area contributed by atoms with Gasteiger partial charge < -0.3 is 5.11 Å². The standard InChI is InChI=1S/C11H18O/c12-11-7-6-9-4-2-1-3-5-10(9)8-11/h2,4,9-12H,1,3,5-8H2. The van der Waals surface area contributed by atoms with Gasteiger partial charge in [0.2, 0.25) is 0 Å². The van der Waals surface area contributed by atoms with Gasteiger partial charge in [-0.15, -0.1) is 0 Å². The van der Waals surface area contributed by atoms with Crippen LogP contribution < -0.4 is 0 Å². The fourth-order valence-electron chi connectivity index (χ4n) is 2.62. The summed E-state index contributed by atoms with van der Waals surface area (Å²) in [7, 11) is 0. The summed E-state index contributed by atoms with van der Waals surface area (Å²) >= 11 is 0. The van der Waals surface area contributed by atoms with Crippen LogP contribution in [0.3, 0.4) is 0 Å². The second kappa shape index (κ2) is 3.61. The first kappa shape index (κ1) is 8.31. The Bertz CT molecular complexity index is 174. The highest BCUT2D eigenvalue weighted by Crippen LogP contribution is 2.36. The molecule has 2 rings (SSSR count). The summed E-state index contributed by atoms with van der Waals surface area (Å²) in [4.78, 5) is 0. The van der Waals surface area contributed by atoms with E-state index in [0.29, 0.717) is 0 Å². The molecular weight excluding hydrogens is 148 g/mol. The summed E-state index contributed by atoms with van der Waals surface area (Å²) in [5, 5.41) is 9.52. The van der Waals surface area contributed by atoms with Crippen LogP contribution in [-0.2, 0) is 0 Å². The molecule has 0 spiro atoms. The molecule has 0 heterocycles. The van der Waals surface area contributed by atoms with E-state index in [1.807, 2.05) is 0 Å². The minimum atomic E-state index is -0.00208. The summed E-state index contributed by atoms with van der Waals surface area (Å²) in [6.07, 6.45) is 11.9. The Morgan fingerprint density at radius 3 is 3.00 bits per heavy atom. The largest absolute Gasteiger partial charge is 0.393 e. The summed E-state index contributed by atoms with van der Waals surface area (Å²) in [6.45, 7) is 0. The molecule has 0 aromatic carbocycles. The van der Waals surface area contributed by atoms with Crippen molar-refractivity contribution >= 4 is 0 Å². The Kier molecular flexibility index (Phi) is 2.50. The maximum absolute atomic E-state index is 9.52. The molecule has 0 aromatic rings. The van der Waals surface area contributed by atoms with Gasteiger partial charge in [-0.2, -0.15) is 0 Å². The van der Waals surface area contributed by atoms with E-state index in [2.05, 4.69) is 12.2 Å². The molecule has 0 radical (unpaired) electrons. The van der Waals surface area contributed by atoms with Crippen molar-refractivity contribution in [3.8, 4) is 0 Å². The first-order valence-corrected chi connectivity index (χ1v) is 5.21. The van der Waals surface area contributed by atoms with Crippen LogP contribution in [-0.4, -0.2) is 11.2 Å². The Morgan fingerprint density at radius 1 is 1.17 bits per heavy atom. The van der Waals surface area contributed by atoms with E-state index >= 15 is 0 Å². The fraction of sp³-hybridized carbons (Fsp3) is 0.818. The molecule has 0 aliphatic heterocycles. The van der Waals surface area contributed by atoms with Crippen LogP contribution in [0, 0.1) is 11.8 Å². The normalized spacial score (nSPS) is 41.9. The highest BCUT2D eigenvalue weighted by Gasteiger charge is 2.28. The van der Waals surface area contributed by atoms with Gasteiger partial charge in [0.1, 0.15) is 0 Å². The van der Waals surface area contributed by atoms with Crippen molar-refractivity contribution in [1.82, 2.24) is 0 Å². The summed E-state index contributed by atoms with van der Waals surface area (Å²) in [5.41, 5.74) is 0. The molecule has 1 fully saturated rings. The fourth-order valence-corrected chi connectivity index (χ4v) is 2.62. The molecule has 3 atom stereocenters. The molecule has 0 aromatic heterocycles. The van der Waals surface area contributed by atoms with Gasteiger partial charge in [0.25, 0.3) is 0 Å². The van der Waals surface area contributed by atoms with Crippen molar-refractivity contribution in [3.63, 3.8) is 0 Å². The predicted octanol–water partition coefficient (Wildman–Crippen LogP) is 2.50. The van der Waals surface area contributed by atoms with Crippen LogP contribution in [0.5, 0.6) is 0 Å². The van der Waals surface area contributed by atoms with Crippen LogP contribution >= 0.6 is 0 Å². The number of rotatable bonds is 0. The molecule has 0 amide bonds. The monoisotopic (exact) mass is 166 g/mol. The van der Waals surface area contributed by atoms with Gasteiger partial charge >= 0.3 is 0 Å². The molecule has 1 N–H and O–H groups in total. The second-order valence-electron chi connectivity index (χ2n) is 4.25. The zero-order valence-electron chi connectivity index (χ0n) is 7.58. The van der Waals surface area contributed by atoms with Crippen LogP contribution in [0.15, 0.2) is 12.2 Å². The topological polar surface area (TPSA) is 20.2 Å². The highest BCUT2D eigenvalue weighted by atomic mass is 16.3. The third-order valence-corrected chi connectivity index (χ3v) is 3.34. The number of hydrogen-bond donors (Lipinski definition) is 1. The molecule has 1 heteroatoms. The highest BCUT2D eigenvalue weighted by molar-refractivity contribution is 4.97. The minimum Gasteiger partial charge on any atom is -0.393 e. The second-order valence-corrected chi connectivity index (χ2v) is 4.25. The number of fused-ring (bicyclic) bond motifs is 1. The predicted molar refractivity (Wildman–Crippen MR) is 49.8 cm³/mol. The Hall–Kier alpha value is -0.300. The minimum absolute atomic E-state index is 0.00208. The van der Waals surface area contributed by atoms with Gasteiger partial charge in [0.05, 0.1) is 6.10 Å². The van der Waals surface area contributed by atoms with E-state index in [1.165, 1.54) is 25.7 Å². The molecule has 1 nitrogen and oxygen atoms in total. The van der Waals surface area contributed by atoms with E-state index in [-0.39, 0.29) is 6.10 Å². The van der Waals surface area contributed by atoms with E-state index in [4.69, 9.17) is 0 Å². The van der Waals surface area contributed by atoms with Crippen LogP contribution in [0.4, 0.5) is 0 Å². The van der Waals surface area contributed by atoms with E-state index in [0.717, 1.165) is 24.7 Å². The van der Waals surface area contributed by atoms with Crippen LogP contribution in [0.2, 0.25) is 0 Å². The van der Waals surface area contributed by atoms with Gasteiger partial charge in [0.15, 0.2) is 0 Å². The van der Waals surface area contributed by atoms with Crippen molar-refractivity contribution in [3.05, 3.63) is 12.2 Å². The molecule has 0 saturated heterocycles. The number of allylic oxidation sites excluding steroid dienone is 2. The van der Waals surface area contributed by atoms with Crippen molar-refractivity contribution in [1.29, 1.82) is 0 Å².